The zero-order chi connectivity index (χ0) is 23.5. The number of benzene rings is 3. The largest absolute Gasteiger partial charge is 0.367 e. The van der Waals surface area contributed by atoms with Crippen molar-refractivity contribution in [1.29, 1.82) is 0 Å². The third-order valence-corrected chi connectivity index (χ3v) is 8.04. The monoisotopic (exact) mass is 502 g/mol. The summed E-state index contributed by atoms with van der Waals surface area (Å²) in [4.78, 5) is 2.40. The molecule has 3 atom stereocenters. The van der Waals surface area contributed by atoms with Crippen LogP contribution in [0, 0.1) is 0 Å². The lowest BCUT2D eigenvalue weighted by molar-refractivity contribution is -0.0729. The van der Waals surface area contributed by atoms with E-state index in [0.717, 1.165) is 21.0 Å². The van der Waals surface area contributed by atoms with E-state index < -0.39 is 14.8 Å². The predicted octanol–water partition coefficient (Wildman–Crippen LogP) is 4.30. The molecule has 3 aromatic rings. The van der Waals surface area contributed by atoms with Crippen molar-refractivity contribution in [2.75, 3.05) is 26.7 Å². The van der Waals surface area contributed by atoms with Gasteiger partial charge in [0.15, 0.2) is 0 Å². The first-order chi connectivity index (χ1) is 15.8. The van der Waals surface area contributed by atoms with Gasteiger partial charge in [-0.2, -0.15) is 12.7 Å². The van der Waals surface area contributed by atoms with Crippen molar-refractivity contribution in [3.8, 4) is 0 Å². The summed E-state index contributed by atoms with van der Waals surface area (Å²) in [6.07, 6.45) is -0.352. The van der Waals surface area contributed by atoms with E-state index in [9.17, 15) is 8.42 Å². The Labute approximate surface area is 203 Å². The maximum atomic E-state index is 11.8. The zero-order valence-electron chi connectivity index (χ0n) is 18.4. The highest BCUT2D eigenvalue weighted by Gasteiger charge is 2.45. The van der Waals surface area contributed by atoms with Gasteiger partial charge in [0.2, 0.25) is 0 Å². The van der Waals surface area contributed by atoms with Crippen molar-refractivity contribution in [3.63, 3.8) is 0 Å². The molecule has 1 saturated heterocycles. The van der Waals surface area contributed by atoms with E-state index in [2.05, 4.69) is 86.9 Å². The van der Waals surface area contributed by atoms with Gasteiger partial charge >= 0.3 is 0 Å². The number of morpholine rings is 1. The molecule has 0 N–H and O–H groups in total. The summed E-state index contributed by atoms with van der Waals surface area (Å²) in [5.41, 5.74) is 2.83. The van der Waals surface area contributed by atoms with Crippen molar-refractivity contribution >= 4 is 29.2 Å². The molecule has 8 heteroatoms. The Hall–Kier alpha value is -1.79. The van der Waals surface area contributed by atoms with Gasteiger partial charge in [0.05, 0.1) is 17.5 Å². The number of hydrogen-bond acceptors (Lipinski definition) is 4. The highest BCUT2D eigenvalue weighted by atomic mass is 35.7. The van der Waals surface area contributed by atoms with Gasteiger partial charge in [-0.05, 0) is 16.7 Å². The number of ether oxygens (including phenoxy) is 1. The normalized spacial score (nSPS) is 20.1. The summed E-state index contributed by atoms with van der Waals surface area (Å²) in [7, 11) is 5.97. The van der Waals surface area contributed by atoms with Crippen LogP contribution in [0.4, 0.5) is 0 Å². The van der Waals surface area contributed by atoms with Crippen LogP contribution < -0.4 is 0 Å². The number of rotatable bonds is 7. The van der Waals surface area contributed by atoms with Gasteiger partial charge in [-0.15, -0.1) is 9.24 Å². The van der Waals surface area contributed by atoms with Crippen LogP contribution in [-0.2, 0) is 19.5 Å². The first-order valence-corrected chi connectivity index (χ1v) is 13.7. The minimum absolute atomic E-state index is 0.168. The lowest BCUT2D eigenvalue weighted by Gasteiger charge is -2.50. The highest BCUT2D eigenvalue weighted by Crippen LogP contribution is 2.44. The quantitative estimate of drug-likeness (QED) is 0.275. The molecule has 0 aromatic heterocycles. The van der Waals surface area contributed by atoms with Crippen molar-refractivity contribution in [1.82, 2.24) is 9.21 Å². The first kappa shape index (κ1) is 24.3. The number of nitrogens with zero attached hydrogens (tertiary/aromatic N) is 2. The Bertz CT molecular complexity index is 1050. The number of likely N-dealkylation sites (N-methyl/N-ethyl adjacent to an activating group) is 1. The van der Waals surface area contributed by atoms with Gasteiger partial charge in [-0.25, -0.2) is 0 Å². The van der Waals surface area contributed by atoms with Crippen LogP contribution >= 0.6 is 19.9 Å². The fraction of sp³-hybridized carbons (Fsp3) is 0.280. The van der Waals surface area contributed by atoms with Crippen LogP contribution in [0.15, 0.2) is 91.0 Å². The molecule has 174 valence electrons. The third kappa shape index (κ3) is 5.17. The molecule has 0 amide bonds. The highest BCUT2D eigenvalue weighted by molar-refractivity contribution is 8.11. The summed E-state index contributed by atoms with van der Waals surface area (Å²) in [6, 6.07) is 31.3. The summed E-state index contributed by atoms with van der Waals surface area (Å²) < 4.78 is 31.0. The zero-order valence-corrected chi connectivity index (χ0v) is 21.1. The molecular weight excluding hydrogens is 475 g/mol. The minimum atomic E-state index is -3.83. The molecule has 1 aliphatic heterocycles. The molecule has 1 heterocycles. The number of hydrogen-bond donors (Lipinski definition) is 0. The summed E-state index contributed by atoms with van der Waals surface area (Å²) >= 11 is 0. The lowest BCUT2D eigenvalue weighted by Crippen LogP contribution is -2.58. The lowest BCUT2D eigenvalue weighted by atomic mass is 9.75. The number of halogens is 1. The Kier molecular flexibility index (Phi) is 7.54. The van der Waals surface area contributed by atoms with E-state index in [4.69, 9.17) is 15.4 Å². The molecule has 33 heavy (non-hydrogen) atoms. The van der Waals surface area contributed by atoms with Gasteiger partial charge in [-0.1, -0.05) is 91.0 Å². The second-order valence-electron chi connectivity index (χ2n) is 8.23. The van der Waals surface area contributed by atoms with E-state index in [1.54, 1.807) is 0 Å². The van der Waals surface area contributed by atoms with Crippen molar-refractivity contribution in [2.24, 2.45) is 0 Å². The van der Waals surface area contributed by atoms with Crippen LogP contribution in [-0.4, -0.2) is 56.3 Å². The van der Waals surface area contributed by atoms with Gasteiger partial charge < -0.3 is 4.74 Å². The van der Waals surface area contributed by atoms with Gasteiger partial charge in [-0.3, -0.25) is 4.90 Å². The van der Waals surface area contributed by atoms with Crippen LogP contribution in [0.25, 0.3) is 0 Å². The van der Waals surface area contributed by atoms with Gasteiger partial charge in [0.25, 0.3) is 9.24 Å². The van der Waals surface area contributed by atoms with Gasteiger partial charge in [0.1, 0.15) is 0 Å². The van der Waals surface area contributed by atoms with E-state index in [-0.39, 0.29) is 18.5 Å². The van der Waals surface area contributed by atoms with Crippen molar-refractivity contribution in [2.45, 2.75) is 17.5 Å². The summed E-state index contributed by atoms with van der Waals surface area (Å²) in [6.45, 7) is 1.35. The Balaban J connectivity index is 1.87. The standard InChI is InChI=1S/C25H28ClN2O3PS/c1-27(33(26,29)30)17-23-18-28(19-24(32)31-23)25(20-11-5-2-6-12-20,21-13-7-3-8-14-21)22-15-9-4-10-16-22/h2-16,23-24H,17-19,32H2,1H3. The minimum Gasteiger partial charge on any atom is -0.367 e. The molecule has 0 radical (unpaired) electrons. The van der Waals surface area contributed by atoms with Crippen LogP contribution in [0.5, 0.6) is 0 Å². The van der Waals surface area contributed by atoms with E-state index >= 15 is 0 Å². The average Bonchev–Trinajstić information content (AvgIpc) is 2.81. The third-order valence-electron chi connectivity index (χ3n) is 6.07. The smallest absolute Gasteiger partial charge is 0.299 e. The van der Waals surface area contributed by atoms with Crippen LogP contribution in [0.1, 0.15) is 16.7 Å². The molecule has 1 fully saturated rings. The van der Waals surface area contributed by atoms with Crippen LogP contribution in [0.3, 0.4) is 0 Å². The Morgan fingerprint density at radius 2 is 1.33 bits per heavy atom. The van der Waals surface area contributed by atoms with E-state index in [1.165, 1.54) is 7.05 Å². The molecule has 4 rings (SSSR count). The molecule has 5 nitrogen and oxygen atoms in total. The van der Waals surface area contributed by atoms with E-state index in [0.29, 0.717) is 13.1 Å². The maximum Gasteiger partial charge on any atom is 0.299 e. The molecule has 0 bridgehead atoms. The summed E-state index contributed by atoms with van der Waals surface area (Å²) in [5.74, 6) is -0.175. The molecule has 0 saturated carbocycles. The molecule has 0 aliphatic carbocycles. The molecule has 3 aromatic carbocycles. The SMILES string of the molecule is CN(CC1CN(C(c2ccccc2)(c2ccccc2)c2ccccc2)CC(P)O1)S(=O)(=O)Cl. The molecular formula is C25H28ClN2O3PS. The topological polar surface area (TPSA) is 49.9 Å². The summed E-state index contributed by atoms with van der Waals surface area (Å²) in [5, 5.41) is 0. The van der Waals surface area contributed by atoms with Crippen LogP contribution in [0.2, 0.25) is 0 Å². The van der Waals surface area contributed by atoms with Crippen molar-refractivity contribution in [3.05, 3.63) is 108 Å². The fourth-order valence-corrected chi connectivity index (χ4v) is 5.70. The van der Waals surface area contributed by atoms with Crippen molar-refractivity contribution < 1.29 is 13.2 Å². The Morgan fingerprint density at radius 1 is 0.909 bits per heavy atom. The Morgan fingerprint density at radius 3 is 1.73 bits per heavy atom. The molecule has 1 aliphatic rings. The van der Waals surface area contributed by atoms with Gasteiger partial charge in [0, 0.05) is 37.4 Å². The molecule has 0 spiro atoms. The van der Waals surface area contributed by atoms with E-state index in [1.807, 2.05) is 18.2 Å². The molecule has 3 unspecified atom stereocenters. The predicted molar refractivity (Wildman–Crippen MR) is 137 cm³/mol. The average molecular weight is 503 g/mol. The second-order valence-corrected chi connectivity index (χ2v) is 11.6. The maximum absolute atomic E-state index is 11.8. The second kappa shape index (κ2) is 10.2. The first-order valence-electron chi connectivity index (χ1n) is 10.8. The fourth-order valence-electron chi connectivity index (χ4n) is 4.71.